The summed E-state index contributed by atoms with van der Waals surface area (Å²) in [5, 5.41) is 10.6. The standard InChI is InChI=1S/C13H14N6O/c1-3-14-13-16-7(2)8-6-9(10-4-5-15-19-10)12(20)17-11(8)18-13/h4-6H,3H2,1-2H3,(H,15,19)(H2,14,16,17,18,20). The average Bonchev–Trinajstić information content (AvgIpc) is 2.92. The highest BCUT2D eigenvalue weighted by molar-refractivity contribution is 5.82. The van der Waals surface area contributed by atoms with Crippen LogP contribution in [0, 0.1) is 6.92 Å². The molecular weight excluding hydrogens is 256 g/mol. The van der Waals surface area contributed by atoms with Crippen molar-refractivity contribution in [3.8, 4) is 11.3 Å². The predicted molar refractivity (Wildman–Crippen MR) is 76.6 cm³/mol. The lowest BCUT2D eigenvalue weighted by Crippen LogP contribution is -2.12. The molecule has 3 aromatic heterocycles. The zero-order chi connectivity index (χ0) is 14.1. The summed E-state index contributed by atoms with van der Waals surface area (Å²) in [4.78, 5) is 23.6. The van der Waals surface area contributed by atoms with Gasteiger partial charge in [-0.1, -0.05) is 0 Å². The lowest BCUT2D eigenvalue weighted by molar-refractivity contribution is 1.06. The number of anilines is 1. The summed E-state index contributed by atoms with van der Waals surface area (Å²) in [6, 6.07) is 3.52. The molecule has 3 aromatic rings. The Morgan fingerprint density at radius 2 is 2.20 bits per heavy atom. The van der Waals surface area contributed by atoms with E-state index in [1.807, 2.05) is 13.8 Å². The molecular formula is C13H14N6O. The number of rotatable bonds is 3. The highest BCUT2D eigenvalue weighted by Crippen LogP contribution is 2.19. The van der Waals surface area contributed by atoms with E-state index < -0.39 is 0 Å². The molecule has 0 amide bonds. The van der Waals surface area contributed by atoms with Crippen LogP contribution in [0.5, 0.6) is 0 Å². The van der Waals surface area contributed by atoms with Crippen LogP contribution in [0.4, 0.5) is 5.95 Å². The Hall–Kier alpha value is -2.70. The summed E-state index contributed by atoms with van der Waals surface area (Å²) in [6.07, 6.45) is 1.68. The van der Waals surface area contributed by atoms with Crippen LogP contribution < -0.4 is 10.9 Å². The number of fused-ring (bicyclic) bond motifs is 1. The third-order valence-electron chi connectivity index (χ3n) is 3.01. The van der Waals surface area contributed by atoms with Crippen molar-refractivity contribution in [1.29, 1.82) is 0 Å². The molecule has 3 rings (SSSR count). The number of aromatic amines is 2. The Kier molecular flexibility index (Phi) is 2.94. The van der Waals surface area contributed by atoms with Gasteiger partial charge in [-0.15, -0.1) is 0 Å². The zero-order valence-electron chi connectivity index (χ0n) is 11.2. The summed E-state index contributed by atoms with van der Waals surface area (Å²) in [6.45, 7) is 4.57. The van der Waals surface area contributed by atoms with Gasteiger partial charge >= 0.3 is 0 Å². The predicted octanol–water partition coefficient (Wildman–Crippen LogP) is 1.45. The van der Waals surface area contributed by atoms with Crippen molar-refractivity contribution in [2.24, 2.45) is 0 Å². The van der Waals surface area contributed by atoms with Gasteiger partial charge in [-0.05, 0) is 26.0 Å². The third kappa shape index (κ3) is 2.03. The summed E-state index contributed by atoms with van der Waals surface area (Å²) in [5.74, 6) is 0.515. The van der Waals surface area contributed by atoms with Crippen LogP contribution in [0.25, 0.3) is 22.3 Å². The first-order chi connectivity index (χ1) is 9.69. The van der Waals surface area contributed by atoms with E-state index in [1.54, 1.807) is 18.3 Å². The molecule has 0 radical (unpaired) electrons. The van der Waals surface area contributed by atoms with Crippen molar-refractivity contribution < 1.29 is 0 Å². The average molecular weight is 270 g/mol. The first kappa shape index (κ1) is 12.3. The number of nitrogens with one attached hydrogen (secondary N) is 3. The van der Waals surface area contributed by atoms with Gasteiger partial charge in [-0.3, -0.25) is 9.89 Å². The normalized spacial score (nSPS) is 10.9. The number of aromatic nitrogens is 5. The number of aryl methyl sites for hydroxylation is 1. The van der Waals surface area contributed by atoms with Crippen molar-refractivity contribution in [3.63, 3.8) is 0 Å². The molecule has 0 saturated heterocycles. The Morgan fingerprint density at radius 1 is 1.35 bits per heavy atom. The Bertz CT molecular complexity index is 806. The second-order valence-corrected chi connectivity index (χ2v) is 4.40. The topological polar surface area (TPSA) is 99.4 Å². The van der Waals surface area contributed by atoms with Gasteiger partial charge in [0.05, 0.1) is 17.0 Å². The fourth-order valence-electron chi connectivity index (χ4n) is 2.07. The third-order valence-corrected chi connectivity index (χ3v) is 3.01. The van der Waals surface area contributed by atoms with Gasteiger partial charge in [0.15, 0.2) is 0 Å². The summed E-state index contributed by atoms with van der Waals surface area (Å²) >= 11 is 0. The second-order valence-electron chi connectivity index (χ2n) is 4.40. The highest BCUT2D eigenvalue weighted by atomic mass is 16.1. The van der Waals surface area contributed by atoms with Crippen molar-refractivity contribution >= 4 is 17.0 Å². The quantitative estimate of drug-likeness (QED) is 0.669. The second kappa shape index (κ2) is 4.76. The van der Waals surface area contributed by atoms with Crippen LogP contribution in [-0.2, 0) is 0 Å². The van der Waals surface area contributed by atoms with Crippen LogP contribution in [0.3, 0.4) is 0 Å². The van der Waals surface area contributed by atoms with Crippen LogP contribution in [0.1, 0.15) is 12.6 Å². The SMILES string of the molecule is CCNc1nc(C)c2cc(-c3cc[nH]n3)c(=O)[nH]c2n1. The minimum Gasteiger partial charge on any atom is -0.354 e. The highest BCUT2D eigenvalue weighted by Gasteiger charge is 2.11. The van der Waals surface area contributed by atoms with Crippen LogP contribution >= 0.6 is 0 Å². The molecule has 3 heterocycles. The molecule has 102 valence electrons. The Labute approximate surface area is 114 Å². The molecule has 7 nitrogen and oxygen atoms in total. The van der Waals surface area contributed by atoms with Crippen molar-refractivity contribution in [2.45, 2.75) is 13.8 Å². The van der Waals surface area contributed by atoms with Gasteiger partial charge in [0.2, 0.25) is 5.95 Å². The summed E-state index contributed by atoms with van der Waals surface area (Å²) in [7, 11) is 0. The van der Waals surface area contributed by atoms with E-state index in [1.165, 1.54) is 0 Å². The molecule has 0 saturated carbocycles. The lowest BCUT2D eigenvalue weighted by Gasteiger charge is -2.07. The molecule has 3 N–H and O–H groups in total. The maximum atomic E-state index is 12.1. The maximum absolute atomic E-state index is 12.1. The number of hydrogen-bond donors (Lipinski definition) is 3. The lowest BCUT2D eigenvalue weighted by atomic mass is 10.1. The molecule has 0 aliphatic heterocycles. The van der Waals surface area contributed by atoms with E-state index in [4.69, 9.17) is 0 Å². The fourth-order valence-corrected chi connectivity index (χ4v) is 2.07. The van der Waals surface area contributed by atoms with E-state index in [2.05, 4.69) is 30.5 Å². The van der Waals surface area contributed by atoms with E-state index >= 15 is 0 Å². The van der Waals surface area contributed by atoms with Gasteiger partial charge in [0.1, 0.15) is 5.65 Å². The van der Waals surface area contributed by atoms with E-state index in [-0.39, 0.29) is 5.56 Å². The molecule has 0 atom stereocenters. The molecule has 0 spiro atoms. The molecule has 0 fully saturated rings. The zero-order valence-corrected chi connectivity index (χ0v) is 11.2. The van der Waals surface area contributed by atoms with Gasteiger partial charge in [-0.2, -0.15) is 10.1 Å². The fraction of sp³-hybridized carbons (Fsp3) is 0.231. The van der Waals surface area contributed by atoms with Crippen molar-refractivity contribution in [2.75, 3.05) is 11.9 Å². The molecule has 0 aromatic carbocycles. The number of pyridine rings is 1. The van der Waals surface area contributed by atoms with E-state index in [0.717, 1.165) is 17.6 Å². The molecule has 0 aliphatic rings. The van der Waals surface area contributed by atoms with Crippen LogP contribution in [-0.4, -0.2) is 31.7 Å². The Morgan fingerprint density at radius 3 is 2.90 bits per heavy atom. The molecule has 0 aliphatic carbocycles. The number of H-pyrrole nitrogens is 2. The summed E-state index contributed by atoms with van der Waals surface area (Å²) in [5.41, 5.74) is 2.21. The van der Waals surface area contributed by atoms with Crippen LogP contribution in [0.15, 0.2) is 23.1 Å². The number of hydrogen-bond acceptors (Lipinski definition) is 5. The molecule has 0 unspecified atom stereocenters. The molecule has 20 heavy (non-hydrogen) atoms. The van der Waals surface area contributed by atoms with Crippen molar-refractivity contribution in [1.82, 2.24) is 25.1 Å². The van der Waals surface area contributed by atoms with Gasteiger partial charge in [-0.25, -0.2) is 4.98 Å². The van der Waals surface area contributed by atoms with Gasteiger partial charge < -0.3 is 10.3 Å². The smallest absolute Gasteiger partial charge is 0.259 e. The molecule has 0 bridgehead atoms. The molecule has 7 heteroatoms. The van der Waals surface area contributed by atoms with E-state index in [0.29, 0.717) is 22.9 Å². The Balaban J connectivity index is 2.24. The largest absolute Gasteiger partial charge is 0.354 e. The summed E-state index contributed by atoms with van der Waals surface area (Å²) < 4.78 is 0. The minimum absolute atomic E-state index is 0.217. The van der Waals surface area contributed by atoms with E-state index in [9.17, 15) is 4.79 Å². The van der Waals surface area contributed by atoms with Gasteiger partial charge in [0.25, 0.3) is 5.56 Å². The first-order valence-electron chi connectivity index (χ1n) is 6.34. The van der Waals surface area contributed by atoms with Crippen LogP contribution in [0.2, 0.25) is 0 Å². The maximum Gasteiger partial charge on any atom is 0.259 e. The monoisotopic (exact) mass is 270 g/mol. The first-order valence-corrected chi connectivity index (χ1v) is 6.34. The van der Waals surface area contributed by atoms with Gasteiger partial charge in [0, 0.05) is 18.1 Å². The number of nitrogens with zero attached hydrogens (tertiary/aromatic N) is 3. The van der Waals surface area contributed by atoms with Crippen molar-refractivity contribution in [3.05, 3.63) is 34.4 Å². The minimum atomic E-state index is -0.217.